The zero-order chi connectivity index (χ0) is 18.7. The maximum Gasteiger partial charge on any atom is 0.446 e. The zero-order valence-corrected chi connectivity index (χ0v) is 14.3. The normalized spacial score (nSPS) is 11.4. The standard InChI is InChI=1S/C18H13F3N2O2S/c1-12-17(16(22-25-12)13-5-3-2-4-6-13)23(11-24)14-7-9-15(10-8-14)26-18(19,20)21/h2-11H,1H3. The number of hydrogen-bond donors (Lipinski definition) is 0. The summed E-state index contributed by atoms with van der Waals surface area (Å²) in [5.41, 5.74) is -2.27. The lowest BCUT2D eigenvalue weighted by Gasteiger charge is -2.18. The first kappa shape index (κ1) is 18.1. The molecule has 0 radical (unpaired) electrons. The van der Waals surface area contributed by atoms with Crippen molar-refractivity contribution >= 4 is 29.5 Å². The largest absolute Gasteiger partial charge is 0.446 e. The van der Waals surface area contributed by atoms with E-state index in [9.17, 15) is 18.0 Å². The topological polar surface area (TPSA) is 46.3 Å². The van der Waals surface area contributed by atoms with Crippen molar-refractivity contribution in [2.45, 2.75) is 17.3 Å². The Labute approximate surface area is 151 Å². The summed E-state index contributed by atoms with van der Waals surface area (Å²) < 4.78 is 42.6. The van der Waals surface area contributed by atoms with Gasteiger partial charge < -0.3 is 4.52 Å². The number of hydrogen-bond acceptors (Lipinski definition) is 4. The molecular formula is C18H13F3N2O2S. The SMILES string of the molecule is Cc1onc(-c2ccccc2)c1N(C=O)c1ccc(SC(F)(F)F)cc1. The van der Waals surface area contributed by atoms with Crippen molar-refractivity contribution in [1.29, 1.82) is 0 Å². The van der Waals surface area contributed by atoms with Crippen LogP contribution in [0.5, 0.6) is 0 Å². The number of rotatable bonds is 5. The maximum absolute atomic E-state index is 12.5. The Hall–Kier alpha value is -2.74. The monoisotopic (exact) mass is 378 g/mol. The average Bonchev–Trinajstić information content (AvgIpc) is 2.98. The van der Waals surface area contributed by atoms with Gasteiger partial charge in [0.05, 0.1) is 0 Å². The lowest BCUT2D eigenvalue weighted by atomic mass is 10.1. The first-order valence-corrected chi connectivity index (χ1v) is 8.33. The highest BCUT2D eigenvalue weighted by molar-refractivity contribution is 8.00. The lowest BCUT2D eigenvalue weighted by Crippen LogP contribution is -2.15. The fourth-order valence-electron chi connectivity index (χ4n) is 2.49. The molecule has 0 atom stereocenters. The number of benzene rings is 2. The molecule has 0 aliphatic rings. The lowest BCUT2D eigenvalue weighted by molar-refractivity contribution is -0.106. The fraction of sp³-hybridized carbons (Fsp3) is 0.111. The zero-order valence-electron chi connectivity index (χ0n) is 13.5. The maximum atomic E-state index is 12.5. The second-order valence-corrected chi connectivity index (χ2v) is 6.46. The number of alkyl halides is 3. The van der Waals surface area contributed by atoms with Gasteiger partial charge in [-0.25, -0.2) is 0 Å². The molecule has 0 spiro atoms. The van der Waals surface area contributed by atoms with Crippen molar-refractivity contribution in [2.24, 2.45) is 0 Å². The third-order valence-corrected chi connectivity index (χ3v) is 4.31. The minimum atomic E-state index is -4.36. The van der Waals surface area contributed by atoms with Gasteiger partial charge in [0.15, 0.2) is 5.76 Å². The van der Waals surface area contributed by atoms with E-state index in [-0.39, 0.29) is 16.7 Å². The summed E-state index contributed by atoms with van der Waals surface area (Å²) in [6.45, 7) is 1.67. The van der Waals surface area contributed by atoms with Crippen molar-refractivity contribution in [3.05, 3.63) is 60.4 Å². The van der Waals surface area contributed by atoms with E-state index in [2.05, 4.69) is 5.16 Å². The van der Waals surface area contributed by atoms with Crippen LogP contribution in [0.15, 0.2) is 64.0 Å². The Bertz CT molecular complexity index is 893. The van der Waals surface area contributed by atoms with Gasteiger partial charge in [-0.15, -0.1) is 0 Å². The summed E-state index contributed by atoms with van der Waals surface area (Å²) in [7, 11) is 0. The third-order valence-electron chi connectivity index (χ3n) is 3.57. The molecular weight excluding hydrogens is 365 g/mol. The van der Waals surface area contributed by atoms with Gasteiger partial charge in [0.1, 0.15) is 11.4 Å². The minimum absolute atomic E-state index is 0.0393. The van der Waals surface area contributed by atoms with Gasteiger partial charge in [-0.05, 0) is 43.0 Å². The van der Waals surface area contributed by atoms with Crippen LogP contribution in [0.25, 0.3) is 11.3 Å². The van der Waals surface area contributed by atoms with Crippen LogP contribution in [-0.4, -0.2) is 17.1 Å². The second kappa shape index (κ2) is 7.25. The van der Waals surface area contributed by atoms with Crippen molar-refractivity contribution in [2.75, 3.05) is 4.90 Å². The van der Waals surface area contributed by atoms with E-state index in [1.54, 1.807) is 6.92 Å². The Morgan fingerprint density at radius 3 is 2.31 bits per heavy atom. The number of anilines is 2. The van der Waals surface area contributed by atoms with Crippen LogP contribution in [0.2, 0.25) is 0 Å². The molecule has 3 aromatic rings. The molecule has 0 bridgehead atoms. The van der Waals surface area contributed by atoms with E-state index in [4.69, 9.17) is 4.52 Å². The van der Waals surface area contributed by atoms with Gasteiger partial charge in [-0.2, -0.15) is 13.2 Å². The third kappa shape index (κ3) is 3.91. The highest BCUT2D eigenvalue weighted by Gasteiger charge is 2.29. The van der Waals surface area contributed by atoms with E-state index >= 15 is 0 Å². The molecule has 26 heavy (non-hydrogen) atoms. The Morgan fingerprint density at radius 2 is 1.73 bits per heavy atom. The van der Waals surface area contributed by atoms with Crippen LogP contribution in [0.3, 0.4) is 0 Å². The number of thioether (sulfide) groups is 1. The molecule has 3 rings (SSSR count). The van der Waals surface area contributed by atoms with Crippen LogP contribution in [0.1, 0.15) is 5.76 Å². The van der Waals surface area contributed by atoms with Crippen molar-refractivity contribution < 1.29 is 22.5 Å². The molecule has 4 nitrogen and oxygen atoms in total. The molecule has 0 unspecified atom stereocenters. The van der Waals surface area contributed by atoms with Gasteiger partial charge >= 0.3 is 5.51 Å². The fourth-order valence-corrected chi connectivity index (χ4v) is 3.03. The van der Waals surface area contributed by atoms with E-state index in [1.165, 1.54) is 29.2 Å². The number of halogens is 3. The first-order chi connectivity index (χ1) is 12.4. The molecule has 0 aliphatic heterocycles. The molecule has 8 heteroatoms. The number of carbonyl (C=O) groups is 1. The Morgan fingerprint density at radius 1 is 1.08 bits per heavy atom. The number of aromatic nitrogens is 1. The Balaban J connectivity index is 1.98. The molecule has 0 saturated carbocycles. The summed E-state index contributed by atoms with van der Waals surface area (Å²) in [6, 6.07) is 14.7. The van der Waals surface area contributed by atoms with Crippen molar-refractivity contribution in [1.82, 2.24) is 5.16 Å². The molecule has 1 aromatic heterocycles. The Kier molecular flexibility index (Phi) is 5.03. The van der Waals surface area contributed by atoms with Crippen LogP contribution < -0.4 is 4.90 Å². The van der Waals surface area contributed by atoms with Crippen LogP contribution in [0, 0.1) is 6.92 Å². The molecule has 0 saturated heterocycles. The van der Waals surface area contributed by atoms with Gasteiger partial charge in [0, 0.05) is 16.1 Å². The van der Waals surface area contributed by atoms with E-state index in [0.717, 1.165) is 5.56 Å². The van der Waals surface area contributed by atoms with Gasteiger partial charge in [-0.3, -0.25) is 9.69 Å². The second-order valence-electron chi connectivity index (χ2n) is 5.32. The molecule has 134 valence electrons. The molecule has 1 heterocycles. The summed E-state index contributed by atoms with van der Waals surface area (Å²) in [5.74, 6) is 0.421. The average molecular weight is 378 g/mol. The number of carbonyl (C=O) groups excluding carboxylic acids is 1. The molecule has 2 aromatic carbocycles. The predicted octanol–water partition coefficient (Wildman–Crippen LogP) is 5.56. The molecule has 0 aliphatic carbocycles. The summed E-state index contributed by atoms with van der Waals surface area (Å²) in [5, 5.41) is 4.02. The van der Waals surface area contributed by atoms with Crippen LogP contribution in [0.4, 0.5) is 24.5 Å². The van der Waals surface area contributed by atoms with Gasteiger partial charge in [-0.1, -0.05) is 35.5 Å². The molecule has 1 amide bonds. The quantitative estimate of drug-likeness (QED) is 0.431. The highest BCUT2D eigenvalue weighted by Crippen LogP contribution is 2.39. The number of aryl methyl sites for hydroxylation is 1. The summed E-state index contributed by atoms with van der Waals surface area (Å²) in [4.78, 5) is 13.1. The number of nitrogens with zero attached hydrogens (tertiary/aromatic N) is 2. The van der Waals surface area contributed by atoms with Crippen molar-refractivity contribution in [3.63, 3.8) is 0 Å². The summed E-state index contributed by atoms with van der Waals surface area (Å²) >= 11 is -0.208. The van der Waals surface area contributed by atoms with Crippen LogP contribution >= 0.6 is 11.8 Å². The smallest absolute Gasteiger partial charge is 0.359 e. The molecule has 0 fully saturated rings. The summed E-state index contributed by atoms with van der Waals surface area (Å²) in [6.07, 6.45) is 0.581. The molecule has 0 N–H and O–H groups in total. The van der Waals surface area contributed by atoms with E-state index < -0.39 is 5.51 Å². The van der Waals surface area contributed by atoms with Gasteiger partial charge in [0.2, 0.25) is 6.41 Å². The minimum Gasteiger partial charge on any atom is -0.359 e. The first-order valence-electron chi connectivity index (χ1n) is 7.51. The highest BCUT2D eigenvalue weighted by atomic mass is 32.2. The predicted molar refractivity (Wildman–Crippen MR) is 93.2 cm³/mol. The number of amides is 1. The van der Waals surface area contributed by atoms with Crippen molar-refractivity contribution in [3.8, 4) is 11.3 Å². The van der Waals surface area contributed by atoms with E-state index in [0.29, 0.717) is 29.2 Å². The van der Waals surface area contributed by atoms with E-state index in [1.807, 2.05) is 30.3 Å². The van der Waals surface area contributed by atoms with Gasteiger partial charge in [0.25, 0.3) is 0 Å². The van der Waals surface area contributed by atoms with Crippen LogP contribution in [-0.2, 0) is 4.79 Å².